The van der Waals surface area contributed by atoms with E-state index in [1.165, 1.54) is 11.3 Å². The minimum Gasteiger partial charge on any atom is -0.389 e. The summed E-state index contributed by atoms with van der Waals surface area (Å²) >= 11 is 1.26. The van der Waals surface area contributed by atoms with Crippen LogP contribution in [0.25, 0.3) is 0 Å². The molecule has 2 rings (SSSR count). The van der Waals surface area contributed by atoms with Crippen molar-refractivity contribution in [2.45, 2.75) is 19.6 Å². The molecule has 3 N–H and O–H groups in total. The molecular formula is C12H14N4O2S. The number of aromatic nitrogens is 2. The Morgan fingerprint density at radius 1 is 1.42 bits per heavy atom. The summed E-state index contributed by atoms with van der Waals surface area (Å²) in [6.07, 6.45) is -0.484. The number of nitrogens with zero attached hydrogens (tertiary/aromatic N) is 2. The van der Waals surface area contributed by atoms with Crippen molar-refractivity contribution in [1.82, 2.24) is 15.5 Å². The van der Waals surface area contributed by atoms with Crippen molar-refractivity contribution >= 4 is 22.5 Å². The molecule has 0 aliphatic heterocycles. The van der Waals surface area contributed by atoms with E-state index in [2.05, 4.69) is 20.8 Å². The van der Waals surface area contributed by atoms with Gasteiger partial charge in [-0.3, -0.25) is 5.32 Å². The summed E-state index contributed by atoms with van der Waals surface area (Å²) in [5, 5.41) is 22.5. The van der Waals surface area contributed by atoms with Crippen LogP contribution in [0.15, 0.2) is 29.8 Å². The lowest BCUT2D eigenvalue weighted by Gasteiger charge is -2.07. The molecule has 1 atom stereocenters. The minimum atomic E-state index is -0.484. The average molecular weight is 278 g/mol. The van der Waals surface area contributed by atoms with Gasteiger partial charge >= 0.3 is 6.03 Å². The first-order valence-electron chi connectivity index (χ1n) is 5.73. The lowest BCUT2D eigenvalue weighted by molar-refractivity contribution is 0.199. The van der Waals surface area contributed by atoms with Crippen LogP contribution in [0.4, 0.5) is 9.93 Å². The molecule has 1 aromatic carbocycles. The van der Waals surface area contributed by atoms with Crippen molar-refractivity contribution in [3.8, 4) is 0 Å². The number of hydrogen-bond donors (Lipinski definition) is 3. The van der Waals surface area contributed by atoms with Crippen LogP contribution in [-0.2, 0) is 6.54 Å². The second-order valence-corrected chi connectivity index (χ2v) is 4.80. The third-order valence-corrected chi connectivity index (χ3v) is 3.10. The molecule has 1 aromatic heterocycles. The average Bonchev–Trinajstić information content (AvgIpc) is 2.89. The molecule has 0 saturated carbocycles. The van der Waals surface area contributed by atoms with E-state index in [1.807, 2.05) is 24.3 Å². The number of carbonyl (C=O) groups excluding carboxylic acids is 1. The van der Waals surface area contributed by atoms with Crippen LogP contribution in [0.1, 0.15) is 24.2 Å². The zero-order chi connectivity index (χ0) is 13.7. The number of aliphatic hydroxyl groups excluding tert-OH is 1. The molecule has 1 heterocycles. The van der Waals surface area contributed by atoms with Gasteiger partial charge in [-0.1, -0.05) is 35.6 Å². The second-order valence-electron chi connectivity index (χ2n) is 3.97. The van der Waals surface area contributed by atoms with Crippen LogP contribution < -0.4 is 10.6 Å². The molecule has 0 aliphatic carbocycles. The van der Waals surface area contributed by atoms with Gasteiger partial charge in [-0.15, -0.1) is 10.2 Å². The fourth-order valence-electron chi connectivity index (χ4n) is 1.47. The van der Waals surface area contributed by atoms with Gasteiger partial charge in [0.2, 0.25) is 5.13 Å². The summed E-state index contributed by atoms with van der Waals surface area (Å²) in [5.41, 5.74) is 3.35. The van der Waals surface area contributed by atoms with E-state index in [9.17, 15) is 9.90 Å². The van der Waals surface area contributed by atoms with E-state index in [0.29, 0.717) is 11.7 Å². The Labute approximate surface area is 114 Å². The van der Waals surface area contributed by atoms with E-state index in [-0.39, 0.29) is 6.03 Å². The molecule has 0 spiro atoms. The molecule has 6 nitrogen and oxygen atoms in total. The summed E-state index contributed by atoms with van der Waals surface area (Å²) < 4.78 is 0. The maximum Gasteiger partial charge on any atom is 0.321 e. The zero-order valence-corrected chi connectivity index (χ0v) is 11.1. The van der Waals surface area contributed by atoms with Gasteiger partial charge in [0.15, 0.2) is 0 Å². The number of amides is 2. The number of rotatable bonds is 4. The molecule has 0 aliphatic rings. The summed E-state index contributed by atoms with van der Waals surface area (Å²) in [6, 6.07) is 7.09. The predicted octanol–water partition coefficient (Wildman–Crippen LogP) is 1.91. The third kappa shape index (κ3) is 4.01. The first-order valence-corrected chi connectivity index (χ1v) is 6.61. The quantitative estimate of drug-likeness (QED) is 0.797. The maximum atomic E-state index is 11.5. The van der Waals surface area contributed by atoms with Crippen LogP contribution in [0, 0.1) is 0 Å². The first-order chi connectivity index (χ1) is 9.15. The van der Waals surface area contributed by atoms with E-state index in [4.69, 9.17) is 0 Å². The molecule has 7 heteroatoms. The Balaban J connectivity index is 1.83. The van der Waals surface area contributed by atoms with Crippen LogP contribution in [0.2, 0.25) is 0 Å². The summed E-state index contributed by atoms with van der Waals surface area (Å²) in [5.74, 6) is 0. The summed E-state index contributed by atoms with van der Waals surface area (Å²) in [4.78, 5) is 11.5. The van der Waals surface area contributed by atoms with E-state index in [1.54, 1.807) is 12.4 Å². The van der Waals surface area contributed by atoms with Crippen LogP contribution in [0.3, 0.4) is 0 Å². The van der Waals surface area contributed by atoms with Gasteiger partial charge in [0.1, 0.15) is 5.51 Å². The van der Waals surface area contributed by atoms with Gasteiger partial charge in [-0.05, 0) is 18.1 Å². The normalized spacial score (nSPS) is 11.9. The SMILES string of the molecule is C[C@@H](O)c1ccc(CNC(=O)Nc2nncs2)cc1. The Hall–Kier alpha value is -1.99. The lowest BCUT2D eigenvalue weighted by Crippen LogP contribution is -2.28. The van der Waals surface area contributed by atoms with Crippen molar-refractivity contribution < 1.29 is 9.90 Å². The number of benzene rings is 1. The van der Waals surface area contributed by atoms with Gasteiger partial charge in [-0.25, -0.2) is 4.79 Å². The monoisotopic (exact) mass is 278 g/mol. The fourth-order valence-corrected chi connectivity index (χ4v) is 1.91. The van der Waals surface area contributed by atoms with Gasteiger partial charge in [-0.2, -0.15) is 0 Å². The fraction of sp³-hybridized carbons (Fsp3) is 0.250. The van der Waals surface area contributed by atoms with Crippen molar-refractivity contribution in [2.24, 2.45) is 0 Å². The number of aliphatic hydroxyl groups is 1. The molecule has 100 valence electrons. The van der Waals surface area contributed by atoms with Crippen molar-refractivity contribution in [2.75, 3.05) is 5.32 Å². The topological polar surface area (TPSA) is 87.1 Å². The molecule has 0 saturated heterocycles. The summed E-state index contributed by atoms with van der Waals surface area (Å²) in [6.45, 7) is 2.12. The maximum absolute atomic E-state index is 11.5. The standard InChI is InChI=1S/C12H14N4O2S/c1-8(17)10-4-2-9(3-5-10)6-13-11(18)15-12-16-14-7-19-12/h2-5,7-8,17H,6H2,1H3,(H2,13,15,16,18)/t8-/m1/s1. The molecule has 2 aromatic rings. The minimum absolute atomic E-state index is 0.323. The summed E-state index contributed by atoms with van der Waals surface area (Å²) in [7, 11) is 0. The van der Waals surface area contributed by atoms with E-state index in [0.717, 1.165) is 11.1 Å². The van der Waals surface area contributed by atoms with Gasteiger partial charge in [0, 0.05) is 6.54 Å². The molecule has 0 fully saturated rings. The van der Waals surface area contributed by atoms with E-state index < -0.39 is 6.10 Å². The highest BCUT2D eigenvalue weighted by Crippen LogP contribution is 2.12. The first kappa shape index (κ1) is 13.4. The van der Waals surface area contributed by atoms with Crippen molar-refractivity contribution in [3.05, 3.63) is 40.9 Å². The van der Waals surface area contributed by atoms with Gasteiger partial charge in [0.25, 0.3) is 0 Å². The van der Waals surface area contributed by atoms with Crippen LogP contribution in [-0.4, -0.2) is 21.3 Å². The number of anilines is 1. The van der Waals surface area contributed by atoms with Crippen LogP contribution in [0.5, 0.6) is 0 Å². The van der Waals surface area contributed by atoms with Crippen molar-refractivity contribution in [3.63, 3.8) is 0 Å². The Morgan fingerprint density at radius 2 is 2.16 bits per heavy atom. The third-order valence-electron chi connectivity index (χ3n) is 2.50. The predicted molar refractivity (Wildman–Crippen MR) is 72.8 cm³/mol. The zero-order valence-electron chi connectivity index (χ0n) is 10.3. The molecule has 0 bridgehead atoms. The van der Waals surface area contributed by atoms with Crippen molar-refractivity contribution in [1.29, 1.82) is 0 Å². The number of urea groups is 1. The molecule has 19 heavy (non-hydrogen) atoms. The molecule has 2 amide bonds. The van der Waals surface area contributed by atoms with Gasteiger partial charge < -0.3 is 10.4 Å². The van der Waals surface area contributed by atoms with Gasteiger partial charge in [0.05, 0.1) is 6.10 Å². The molecule has 0 radical (unpaired) electrons. The highest BCUT2D eigenvalue weighted by atomic mass is 32.1. The largest absolute Gasteiger partial charge is 0.389 e. The highest BCUT2D eigenvalue weighted by molar-refractivity contribution is 7.13. The number of hydrogen-bond acceptors (Lipinski definition) is 5. The molecule has 0 unspecified atom stereocenters. The number of carbonyl (C=O) groups is 1. The lowest BCUT2D eigenvalue weighted by atomic mass is 10.1. The Morgan fingerprint density at radius 3 is 2.74 bits per heavy atom. The Kier molecular flexibility index (Phi) is 4.43. The Bertz CT molecular complexity index is 525. The van der Waals surface area contributed by atoms with Crippen LogP contribution >= 0.6 is 11.3 Å². The number of nitrogens with one attached hydrogen (secondary N) is 2. The second kappa shape index (κ2) is 6.26. The smallest absolute Gasteiger partial charge is 0.321 e. The van der Waals surface area contributed by atoms with E-state index >= 15 is 0 Å². The highest BCUT2D eigenvalue weighted by Gasteiger charge is 2.04. The molecular weight excluding hydrogens is 264 g/mol.